The average Bonchev–Trinajstić information content (AvgIpc) is 2.38. The summed E-state index contributed by atoms with van der Waals surface area (Å²) < 4.78 is 5.51. The van der Waals surface area contributed by atoms with Crippen molar-refractivity contribution < 1.29 is 19.7 Å². The lowest BCUT2D eigenvalue weighted by Crippen LogP contribution is -2.02. The van der Waals surface area contributed by atoms with Crippen molar-refractivity contribution in [3.05, 3.63) is 29.8 Å². The molecular formula is C13H18O4. The van der Waals surface area contributed by atoms with Crippen molar-refractivity contribution in [1.29, 1.82) is 0 Å². The van der Waals surface area contributed by atoms with Gasteiger partial charge in [0.1, 0.15) is 5.75 Å². The van der Waals surface area contributed by atoms with Crippen LogP contribution in [-0.4, -0.2) is 17.8 Å². The first-order valence-corrected chi connectivity index (χ1v) is 5.86. The van der Waals surface area contributed by atoms with Gasteiger partial charge in [0.2, 0.25) is 0 Å². The molecule has 0 aliphatic heterocycles. The van der Waals surface area contributed by atoms with Crippen LogP contribution in [0.2, 0.25) is 0 Å². The van der Waals surface area contributed by atoms with Crippen molar-refractivity contribution in [3.8, 4) is 5.75 Å². The first-order chi connectivity index (χ1) is 8.27. The topological polar surface area (TPSA) is 55.8 Å². The minimum atomic E-state index is -0.764. The molecule has 1 N–H and O–H groups in total. The number of unbranched alkanes of at least 4 members (excludes halogenated alkanes) is 3. The highest BCUT2D eigenvalue weighted by molar-refractivity contribution is 5.88. The van der Waals surface area contributed by atoms with Gasteiger partial charge in [-0.1, -0.05) is 26.2 Å². The summed E-state index contributed by atoms with van der Waals surface area (Å²) in [6.45, 7) is 2.85. The number of hydrogen-bond acceptors (Lipinski definition) is 4. The average molecular weight is 238 g/mol. The maximum absolute atomic E-state index is 10.9. The number of hydrogen-bond donors (Lipinski definition) is 1. The molecule has 0 heterocycles. The van der Waals surface area contributed by atoms with Gasteiger partial charge in [0, 0.05) is 0 Å². The fourth-order valence-corrected chi connectivity index (χ4v) is 1.46. The van der Waals surface area contributed by atoms with Crippen molar-refractivity contribution in [3.63, 3.8) is 0 Å². The van der Waals surface area contributed by atoms with E-state index in [0.29, 0.717) is 12.2 Å². The van der Waals surface area contributed by atoms with Crippen LogP contribution in [0.3, 0.4) is 0 Å². The van der Waals surface area contributed by atoms with Crippen LogP contribution in [0.5, 0.6) is 5.75 Å². The summed E-state index contributed by atoms with van der Waals surface area (Å²) in [5.74, 6) is -0.0458. The molecule has 0 radical (unpaired) electrons. The SMILES string of the molecule is CCCCCCOc1ccc(C(=O)OO)cc1. The molecule has 0 aliphatic rings. The number of ether oxygens (including phenoxy) is 1. The van der Waals surface area contributed by atoms with E-state index in [1.54, 1.807) is 24.3 Å². The van der Waals surface area contributed by atoms with E-state index in [9.17, 15) is 4.79 Å². The Balaban J connectivity index is 2.33. The normalized spacial score (nSPS) is 10.0. The Hall–Kier alpha value is -1.55. The van der Waals surface area contributed by atoms with Crippen LogP contribution in [0.4, 0.5) is 0 Å². The molecule has 0 bridgehead atoms. The molecule has 0 aliphatic carbocycles. The van der Waals surface area contributed by atoms with Gasteiger partial charge in [-0.05, 0) is 30.7 Å². The van der Waals surface area contributed by atoms with Crippen LogP contribution in [0.1, 0.15) is 43.0 Å². The van der Waals surface area contributed by atoms with Gasteiger partial charge in [-0.2, -0.15) is 5.26 Å². The predicted octanol–water partition coefficient (Wildman–Crippen LogP) is 3.28. The largest absolute Gasteiger partial charge is 0.494 e. The highest BCUT2D eigenvalue weighted by atomic mass is 17.1. The summed E-state index contributed by atoms with van der Waals surface area (Å²) in [4.78, 5) is 14.6. The Morgan fingerprint density at radius 3 is 2.47 bits per heavy atom. The fraction of sp³-hybridized carbons (Fsp3) is 0.462. The number of carbonyl (C=O) groups excluding carboxylic acids is 1. The van der Waals surface area contributed by atoms with Gasteiger partial charge in [0.25, 0.3) is 0 Å². The van der Waals surface area contributed by atoms with E-state index in [0.717, 1.165) is 12.2 Å². The van der Waals surface area contributed by atoms with Crippen LogP contribution >= 0.6 is 0 Å². The first-order valence-electron chi connectivity index (χ1n) is 5.86. The van der Waals surface area contributed by atoms with Crippen molar-refractivity contribution in [2.24, 2.45) is 0 Å². The minimum absolute atomic E-state index is 0.297. The molecule has 0 saturated carbocycles. The van der Waals surface area contributed by atoms with E-state index in [-0.39, 0.29) is 0 Å². The van der Waals surface area contributed by atoms with Gasteiger partial charge in [-0.15, -0.1) is 0 Å². The lowest BCUT2D eigenvalue weighted by atomic mass is 10.2. The highest BCUT2D eigenvalue weighted by Crippen LogP contribution is 2.13. The van der Waals surface area contributed by atoms with Crippen LogP contribution in [0.15, 0.2) is 24.3 Å². The Morgan fingerprint density at radius 1 is 1.18 bits per heavy atom. The van der Waals surface area contributed by atoms with Crippen LogP contribution in [0.25, 0.3) is 0 Å². The maximum Gasteiger partial charge on any atom is 0.372 e. The zero-order valence-corrected chi connectivity index (χ0v) is 10.0. The van der Waals surface area contributed by atoms with Crippen molar-refractivity contribution in [2.45, 2.75) is 32.6 Å². The molecule has 0 saturated heterocycles. The van der Waals surface area contributed by atoms with Gasteiger partial charge < -0.3 is 4.74 Å². The van der Waals surface area contributed by atoms with Gasteiger partial charge in [-0.3, -0.25) is 4.89 Å². The third-order valence-corrected chi connectivity index (χ3v) is 2.44. The van der Waals surface area contributed by atoms with Gasteiger partial charge in [-0.25, -0.2) is 4.79 Å². The third kappa shape index (κ3) is 4.87. The second-order valence-corrected chi connectivity index (χ2v) is 3.81. The molecule has 94 valence electrons. The second-order valence-electron chi connectivity index (χ2n) is 3.81. The molecule has 4 nitrogen and oxygen atoms in total. The van der Waals surface area contributed by atoms with E-state index in [1.807, 2.05) is 0 Å². The summed E-state index contributed by atoms with van der Waals surface area (Å²) in [5, 5.41) is 8.20. The van der Waals surface area contributed by atoms with E-state index in [1.165, 1.54) is 19.3 Å². The molecule has 0 aromatic heterocycles. The molecular weight excluding hydrogens is 220 g/mol. The van der Waals surface area contributed by atoms with Crippen molar-refractivity contribution >= 4 is 5.97 Å². The first kappa shape index (κ1) is 13.5. The number of benzene rings is 1. The van der Waals surface area contributed by atoms with Crippen molar-refractivity contribution in [2.75, 3.05) is 6.61 Å². The van der Waals surface area contributed by atoms with Crippen molar-refractivity contribution in [1.82, 2.24) is 0 Å². The molecule has 0 amide bonds. The number of rotatable bonds is 7. The quantitative estimate of drug-likeness (QED) is 0.450. The fourth-order valence-electron chi connectivity index (χ4n) is 1.46. The third-order valence-electron chi connectivity index (χ3n) is 2.44. The molecule has 17 heavy (non-hydrogen) atoms. The zero-order valence-electron chi connectivity index (χ0n) is 10.0. The zero-order chi connectivity index (χ0) is 12.5. The van der Waals surface area contributed by atoms with E-state index < -0.39 is 5.97 Å². The van der Waals surface area contributed by atoms with Gasteiger partial charge >= 0.3 is 5.97 Å². The van der Waals surface area contributed by atoms with Gasteiger partial charge in [0.15, 0.2) is 0 Å². The highest BCUT2D eigenvalue weighted by Gasteiger charge is 2.05. The van der Waals surface area contributed by atoms with Crippen LogP contribution in [-0.2, 0) is 4.89 Å². The van der Waals surface area contributed by atoms with Crippen LogP contribution in [0, 0.1) is 0 Å². The van der Waals surface area contributed by atoms with E-state index in [2.05, 4.69) is 11.8 Å². The summed E-state index contributed by atoms with van der Waals surface area (Å²) in [6, 6.07) is 6.48. The summed E-state index contributed by atoms with van der Waals surface area (Å²) >= 11 is 0. The summed E-state index contributed by atoms with van der Waals surface area (Å²) in [6.07, 6.45) is 4.64. The molecule has 0 atom stereocenters. The molecule has 1 aromatic rings. The van der Waals surface area contributed by atoms with Gasteiger partial charge in [0.05, 0.1) is 12.2 Å². The molecule has 4 heteroatoms. The maximum atomic E-state index is 10.9. The standard InChI is InChI=1S/C13H18O4/c1-2-3-4-5-10-16-12-8-6-11(7-9-12)13(14)17-15/h6-9,15H,2-5,10H2,1H3. The Kier molecular flexibility index (Phi) is 6.10. The smallest absolute Gasteiger partial charge is 0.372 e. The second kappa shape index (κ2) is 7.68. The number of carbonyl (C=O) groups is 1. The van der Waals surface area contributed by atoms with E-state index in [4.69, 9.17) is 9.99 Å². The molecule has 0 unspecified atom stereocenters. The molecule has 0 fully saturated rings. The predicted molar refractivity (Wildman–Crippen MR) is 64.1 cm³/mol. The lowest BCUT2D eigenvalue weighted by molar-refractivity contribution is -0.182. The molecule has 0 spiro atoms. The summed E-state index contributed by atoms with van der Waals surface area (Å²) in [5.41, 5.74) is 0.297. The Morgan fingerprint density at radius 2 is 1.88 bits per heavy atom. The van der Waals surface area contributed by atoms with E-state index >= 15 is 0 Å². The minimum Gasteiger partial charge on any atom is -0.494 e. The Bertz CT molecular complexity index is 332. The molecule has 1 aromatic carbocycles. The van der Waals surface area contributed by atoms with Crippen LogP contribution < -0.4 is 4.74 Å². The summed E-state index contributed by atoms with van der Waals surface area (Å²) in [7, 11) is 0. The Labute approximate surface area is 101 Å². The monoisotopic (exact) mass is 238 g/mol. The lowest BCUT2D eigenvalue weighted by Gasteiger charge is -2.06. The molecule has 1 rings (SSSR count).